The second-order valence-corrected chi connectivity index (χ2v) is 10.1. The van der Waals surface area contributed by atoms with Crippen molar-refractivity contribution in [2.75, 3.05) is 0 Å². The van der Waals surface area contributed by atoms with E-state index in [2.05, 4.69) is 27.7 Å². The summed E-state index contributed by atoms with van der Waals surface area (Å²) in [5.41, 5.74) is 0.108. The van der Waals surface area contributed by atoms with Crippen molar-refractivity contribution in [3.8, 4) is 0 Å². The molecule has 0 spiro atoms. The fourth-order valence-electron chi connectivity index (χ4n) is 6.78. The summed E-state index contributed by atoms with van der Waals surface area (Å²) in [7, 11) is 0. The van der Waals surface area contributed by atoms with Crippen LogP contribution in [0.3, 0.4) is 0 Å². The Labute approximate surface area is 156 Å². The predicted molar refractivity (Wildman–Crippen MR) is 98.1 cm³/mol. The Morgan fingerprint density at radius 1 is 0.731 bits per heavy atom. The molecular weight excluding hydrogens is 328 g/mol. The van der Waals surface area contributed by atoms with Gasteiger partial charge in [-0.05, 0) is 49.4 Å². The van der Waals surface area contributed by atoms with E-state index in [0.717, 1.165) is 12.8 Å². The van der Waals surface area contributed by atoms with E-state index in [4.69, 9.17) is 9.47 Å². The summed E-state index contributed by atoms with van der Waals surface area (Å²) < 4.78 is 11.4. The van der Waals surface area contributed by atoms with Crippen LogP contribution in [0.4, 0.5) is 0 Å². The molecule has 4 aliphatic carbocycles. The van der Waals surface area contributed by atoms with Gasteiger partial charge < -0.3 is 9.47 Å². The summed E-state index contributed by atoms with van der Waals surface area (Å²) in [5.74, 6) is 1.52. The molecule has 0 aromatic rings. The second-order valence-electron chi connectivity index (χ2n) is 10.1. The van der Waals surface area contributed by atoms with Crippen LogP contribution in [0.15, 0.2) is 12.2 Å². The Hall–Kier alpha value is -1.32. The van der Waals surface area contributed by atoms with Gasteiger partial charge in [-0.2, -0.15) is 0 Å². The summed E-state index contributed by atoms with van der Waals surface area (Å²) >= 11 is 0. The van der Waals surface area contributed by atoms with Crippen molar-refractivity contribution < 1.29 is 19.1 Å². The number of hydrogen-bond donors (Lipinski definition) is 0. The first-order chi connectivity index (χ1) is 12.2. The van der Waals surface area contributed by atoms with Gasteiger partial charge in [-0.15, -0.1) is 0 Å². The van der Waals surface area contributed by atoms with Crippen LogP contribution >= 0.6 is 0 Å². The number of carbonyl (C=O) groups is 2. The van der Waals surface area contributed by atoms with Crippen molar-refractivity contribution in [3.05, 3.63) is 12.2 Å². The molecule has 4 rings (SSSR count). The molecule has 0 aliphatic heterocycles. The van der Waals surface area contributed by atoms with E-state index in [9.17, 15) is 9.59 Å². The lowest BCUT2D eigenvalue weighted by Gasteiger charge is -2.54. The molecule has 4 saturated carbocycles. The van der Waals surface area contributed by atoms with E-state index in [-0.39, 0.29) is 23.0 Å². The molecular formula is C22H32O4. The maximum atomic E-state index is 12.2. The molecule has 26 heavy (non-hydrogen) atoms. The maximum Gasteiger partial charge on any atom is 0.331 e. The molecule has 0 N–H and O–H groups in total. The Bertz CT molecular complexity index is 578. The number of rotatable bonds is 4. The number of ether oxygens (including phenoxy) is 2. The third-order valence-corrected chi connectivity index (χ3v) is 8.14. The fraction of sp³-hybridized carbons (Fsp3) is 0.818. The van der Waals surface area contributed by atoms with Crippen LogP contribution in [0, 0.1) is 34.5 Å². The predicted octanol–water partition coefficient (Wildman–Crippen LogP) is 4.28. The lowest BCUT2D eigenvalue weighted by molar-refractivity contribution is -0.191. The van der Waals surface area contributed by atoms with E-state index in [1.54, 1.807) is 0 Å². The number of esters is 2. The summed E-state index contributed by atoms with van der Waals surface area (Å²) in [6.45, 7) is 8.75. The quantitative estimate of drug-likeness (QED) is 0.555. The molecule has 0 aromatic carbocycles. The van der Waals surface area contributed by atoms with Gasteiger partial charge in [-0.3, -0.25) is 0 Å². The van der Waals surface area contributed by atoms with Crippen molar-refractivity contribution in [1.29, 1.82) is 0 Å². The van der Waals surface area contributed by atoms with Gasteiger partial charge in [0.15, 0.2) is 0 Å². The average Bonchev–Trinajstić information content (AvgIpc) is 3.22. The van der Waals surface area contributed by atoms with E-state index < -0.39 is 11.9 Å². The fourth-order valence-corrected chi connectivity index (χ4v) is 6.78. The standard InChI is InChI=1S/C22H32O4/c1-21(2)15-9-5-7-13(15)19(21)25-17(23)11-12-18(24)26-20-14-8-6-10-16(14)22(20,3)4/h11-16,19-20H,5-10H2,1-4H3. The molecule has 6 atom stereocenters. The van der Waals surface area contributed by atoms with Crippen molar-refractivity contribution in [2.45, 2.75) is 78.4 Å². The highest BCUT2D eigenvalue weighted by molar-refractivity contribution is 5.91. The van der Waals surface area contributed by atoms with Crippen molar-refractivity contribution >= 4 is 11.9 Å². The molecule has 4 heteroatoms. The summed E-state index contributed by atoms with van der Waals surface area (Å²) in [5, 5.41) is 0. The van der Waals surface area contributed by atoms with Crippen LogP contribution in [-0.4, -0.2) is 24.1 Å². The Morgan fingerprint density at radius 2 is 1.12 bits per heavy atom. The monoisotopic (exact) mass is 360 g/mol. The van der Waals surface area contributed by atoms with Gasteiger partial charge in [-0.1, -0.05) is 40.5 Å². The van der Waals surface area contributed by atoms with Crippen molar-refractivity contribution in [3.63, 3.8) is 0 Å². The zero-order valence-corrected chi connectivity index (χ0v) is 16.5. The molecule has 0 saturated heterocycles. The van der Waals surface area contributed by atoms with Crippen molar-refractivity contribution in [2.24, 2.45) is 34.5 Å². The molecule has 0 bridgehead atoms. The molecule has 4 aliphatic rings. The minimum Gasteiger partial charge on any atom is -0.458 e. The smallest absolute Gasteiger partial charge is 0.331 e. The van der Waals surface area contributed by atoms with E-state index >= 15 is 0 Å². The van der Waals surface area contributed by atoms with E-state index in [1.165, 1.54) is 37.8 Å². The number of hydrogen-bond acceptors (Lipinski definition) is 4. The molecule has 0 heterocycles. The van der Waals surface area contributed by atoms with Crippen LogP contribution in [-0.2, 0) is 19.1 Å². The third kappa shape index (κ3) is 2.63. The first kappa shape index (κ1) is 18.1. The molecule has 144 valence electrons. The average molecular weight is 360 g/mol. The summed E-state index contributed by atoms with van der Waals surface area (Å²) in [6, 6.07) is 0. The maximum absolute atomic E-state index is 12.2. The zero-order valence-electron chi connectivity index (χ0n) is 16.5. The summed E-state index contributed by atoms with van der Waals surface area (Å²) in [6.07, 6.45) is 9.70. The Morgan fingerprint density at radius 3 is 1.50 bits per heavy atom. The molecule has 0 amide bonds. The van der Waals surface area contributed by atoms with Gasteiger partial charge in [0.1, 0.15) is 12.2 Å². The first-order valence-corrected chi connectivity index (χ1v) is 10.3. The third-order valence-electron chi connectivity index (χ3n) is 8.14. The van der Waals surface area contributed by atoms with Crippen LogP contribution in [0.5, 0.6) is 0 Å². The Kier molecular flexibility index (Phi) is 4.24. The number of carbonyl (C=O) groups excluding carboxylic acids is 2. The number of fused-ring (bicyclic) bond motifs is 2. The van der Waals surface area contributed by atoms with Gasteiger partial charge in [0.05, 0.1) is 0 Å². The first-order valence-electron chi connectivity index (χ1n) is 10.3. The van der Waals surface area contributed by atoms with Gasteiger partial charge in [-0.25, -0.2) is 9.59 Å². The van der Waals surface area contributed by atoms with Crippen LogP contribution < -0.4 is 0 Å². The Balaban J connectivity index is 1.29. The molecule has 6 unspecified atom stereocenters. The zero-order chi connectivity index (χ0) is 18.7. The largest absolute Gasteiger partial charge is 0.458 e. The second kappa shape index (κ2) is 6.10. The van der Waals surface area contributed by atoms with Crippen LogP contribution in [0.1, 0.15) is 66.2 Å². The van der Waals surface area contributed by atoms with E-state index in [1.807, 2.05) is 0 Å². The van der Waals surface area contributed by atoms with Gasteiger partial charge in [0.25, 0.3) is 0 Å². The summed E-state index contributed by atoms with van der Waals surface area (Å²) in [4.78, 5) is 24.4. The van der Waals surface area contributed by atoms with Crippen LogP contribution in [0.2, 0.25) is 0 Å². The molecule has 0 aromatic heterocycles. The lowest BCUT2D eigenvalue weighted by atomic mass is 9.54. The highest BCUT2D eigenvalue weighted by Gasteiger charge is 2.60. The van der Waals surface area contributed by atoms with Gasteiger partial charge >= 0.3 is 11.9 Å². The van der Waals surface area contributed by atoms with Gasteiger partial charge in [0.2, 0.25) is 0 Å². The molecule has 4 fully saturated rings. The minimum atomic E-state index is -0.419. The van der Waals surface area contributed by atoms with Gasteiger partial charge in [0, 0.05) is 23.0 Å². The SMILES string of the molecule is CC1(C)C2CCCC2C1OC(=O)C=CC(=O)OC1C2CCCC2C1(C)C. The topological polar surface area (TPSA) is 52.6 Å². The normalized spacial score (nSPS) is 41.7. The highest BCUT2D eigenvalue weighted by Crippen LogP contribution is 2.61. The molecule has 4 nitrogen and oxygen atoms in total. The van der Waals surface area contributed by atoms with Crippen molar-refractivity contribution in [1.82, 2.24) is 0 Å². The highest BCUT2D eigenvalue weighted by atomic mass is 16.6. The molecule has 0 radical (unpaired) electrons. The van der Waals surface area contributed by atoms with E-state index in [0.29, 0.717) is 23.7 Å². The lowest BCUT2D eigenvalue weighted by Crippen LogP contribution is -2.57. The minimum absolute atomic E-state index is 0.0204. The van der Waals surface area contributed by atoms with Crippen LogP contribution in [0.25, 0.3) is 0 Å².